The Hall–Kier alpha value is -1.40. The van der Waals surface area contributed by atoms with Crippen molar-refractivity contribution in [2.24, 2.45) is 0 Å². The molecule has 3 aromatic rings. The highest BCUT2D eigenvalue weighted by molar-refractivity contribution is 9.10. The van der Waals surface area contributed by atoms with Gasteiger partial charge in [-0.2, -0.15) is 13.2 Å². The number of rotatable bonds is 2. The highest BCUT2D eigenvalue weighted by atomic mass is 79.9. The van der Waals surface area contributed by atoms with Gasteiger partial charge in [-0.05, 0) is 46.3 Å². The standard InChI is InChI=1S/C15H9BrF3NS/c16-11-3-1-2-4-13(11)21-14-8-20-12-6-5-9(7-10(12)14)15(17,18)19/h1-8,20H. The Balaban J connectivity index is 2.05. The van der Waals surface area contributed by atoms with Gasteiger partial charge in [0.2, 0.25) is 0 Å². The van der Waals surface area contributed by atoms with Gasteiger partial charge in [0.25, 0.3) is 0 Å². The van der Waals surface area contributed by atoms with Crippen molar-refractivity contribution in [2.75, 3.05) is 0 Å². The molecule has 1 N–H and O–H groups in total. The molecule has 0 spiro atoms. The van der Waals surface area contributed by atoms with Crippen LogP contribution in [0.2, 0.25) is 0 Å². The Bertz CT molecular complexity index is 795. The fourth-order valence-electron chi connectivity index (χ4n) is 2.00. The van der Waals surface area contributed by atoms with Gasteiger partial charge in [0.1, 0.15) is 0 Å². The quantitative estimate of drug-likeness (QED) is 0.575. The van der Waals surface area contributed by atoms with E-state index in [-0.39, 0.29) is 0 Å². The largest absolute Gasteiger partial charge is 0.416 e. The zero-order valence-electron chi connectivity index (χ0n) is 10.5. The Kier molecular flexibility index (Phi) is 3.75. The van der Waals surface area contributed by atoms with Crippen molar-refractivity contribution in [3.8, 4) is 0 Å². The van der Waals surface area contributed by atoms with Crippen LogP contribution in [0.1, 0.15) is 5.56 Å². The maximum Gasteiger partial charge on any atom is 0.416 e. The second-order valence-electron chi connectivity index (χ2n) is 4.44. The molecule has 0 saturated heterocycles. The minimum Gasteiger partial charge on any atom is -0.360 e. The van der Waals surface area contributed by atoms with Gasteiger partial charge in [-0.25, -0.2) is 0 Å². The van der Waals surface area contributed by atoms with Crippen LogP contribution in [0.25, 0.3) is 10.9 Å². The van der Waals surface area contributed by atoms with Crippen LogP contribution in [0.3, 0.4) is 0 Å². The molecule has 1 nitrogen and oxygen atoms in total. The minimum atomic E-state index is -4.33. The van der Waals surface area contributed by atoms with E-state index in [0.29, 0.717) is 10.9 Å². The fourth-order valence-corrected chi connectivity index (χ4v) is 3.48. The average Bonchev–Trinajstić information content (AvgIpc) is 2.83. The van der Waals surface area contributed by atoms with Crippen molar-refractivity contribution in [3.05, 3.63) is 58.7 Å². The fraction of sp³-hybridized carbons (Fsp3) is 0.0667. The highest BCUT2D eigenvalue weighted by Crippen LogP contribution is 2.39. The molecule has 0 bridgehead atoms. The van der Waals surface area contributed by atoms with Crippen molar-refractivity contribution in [1.29, 1.82) is 0 Å². The van der Waals surface area contributed by atoms with Crippen LogP contribution in [0.5, 0.6) is 0 Å². The van der Waals surface area contributed by atoms with Gasteiger partial charge in [-0.15, -0.1) is 0 Å². The number of aromatic nitrogens is 1. The summed E-state index contributed by atoms with van der Waals surface area (Å²) < 4.78 is 39.4. The summed E-state index contributed by atoms with van der Waals surface area (Å²) >= 11 is 4.87. The van der Waals surface area contributed by atoms with E-state index in [1.165, 1.54) is 23.9 Å². The van der Waals surface area contributed by atoms with Crippen LogP contribution in [0.4, 0.5) is 13.2 Å². The molecule has 0 aliphatic rings. The van der Waals surface area contributed by atoms with Gasteiger partial charge in [-0.1, -0.05) is 23.9 Å². The maximum absolute atomic E-state index is 12.8. The Labute approximate surface area is 131 Å². The smallest absolute Gasteiger partial charge is 0.360 e. The number of nitrogens with one attached hydrogen (secondary N) is 1. The van der Waals surface area contributed by atoms with Crippen LogP contribution in [-0.4, -0.2) is 4.98 Å². The molecule has 0 fully saturated rings. The molecule has 0 aliphatic carbocycles. The molecule has 1 heterocycles. The summed E-state index contributed by atoms with van der Waals surface area (Å²) in [7, 11) is 0. The summed E-state index contributed by atoms with van der Waals surface area (Å²) in [6, 6.07) is 11.3. The van der Waals surface area contributed by atoms with E-state index >= 15 is 0 Å². The van der Waals surface area contributed by atoms with E-state index in [1.54, 1.807) is 6.20 Å². The summed E-state index contributed by atoms with van der Waals surface area (Å²) in [5, 5.41) is 0.575. The lowest BCUT2D eigenvalue weighted by Gasteiger charge is -2.07. The number of alkyl halides is 3. The molecule has 0 aliphatic heterocycles. The lowest BCUT2D eigenvalue weighted by atomic mass is 10.1. The van der Waals surface area contributed by atoms with E-state index in [0.717, 1.165) is 20.3 Å². The van der Waals surface area contributed by atoms with E-state index in [2.05, 4.69) is 20.9 Å². The molecule has 21 heavy (non-hydrogen) atoms. The van der Waals surface area contributed by atoms with E-state index in [9.17, 15) is 13.2 Å². The predicted octanol–water partition coefficient (Wildman–Crippen LogP) is 6.10. The molecule has 6 heteroatoms. The normalized spacial score (nSPS) is 12.0. The van der Waals surface area contributed by atoms with E-state index in [1.807, 2.05) is 24.3 Å². The molecule has 0 unspecified atom stereocenters. The first-order valence-corrected chi connectivity index (χ1v) is 7.67. The van der Waals surface area contributed by atoms with Crippen LogP contribution in [0, 0.1) is 0 Å². The van der Waals surface area contributed by atoms with Crippen molar-refractivity contribution in [1.82, 2.24) is 4.98 Å². The molecule has 0 atom stereocenters. The third-order valence-electron chi connectivity index (χ3n) is 3.03. The molecule has 3 rings (SSSR count). The SMILES string of the molecule is FC(F)(F)c1ccc2[nH]cc(Sc3ccccc3Br)c2c1. The van der Waals surface area contributed by atoms with Crippen LogP contribution in [0.15, 0.2) is 62.9 Å². The van der Waals surface area contributed by atoms with Crippen molar-refractivity contribution < 1.29 is 13.2 Å². The summed E-state index contributed by atoms with van der Waals surface area (Å²) in [5.74, 6) is 0. The number of fused-ring (bicyclic) bond motifs is 1. The first-order valence-electron chi connectivity index (χ1n) is 6.06. The zero-order chi connectivity index (χ0) is 15.0. The topological polar surface area (TPSA) is 15.8 Å². The van der Waals surface area contributed by atoms with Gasteiger partial charge in [0, 0.05) is 31.4 Å². The molecule has 0 saturated carbocycles. The number of benzene rings is 2. The summed E-state index contributed by atoms with van der Waals surface area (Å²) in [6.45, 7) is 0. The molecular formula is C15H9BrF3NS. The molecular weight excluding hydrogens is 363 g/mol. The van der Waals surface area contributed by atoms with Gasteiger partial charge in [0.15, 0.2) is 0 Å². The second kappa shape index (κ2) is 5.42. The van der Waals surface area contributed by atoms with Crippen molar-refractivity contribution in [3.63, 3.8) is 0 Å². The highest BCUT2D eigenvalue weighted by Gasteiger charge is 2.30. The molecule has 2 aromatic carbocycles. The number of hydrogen-bond acceptors (Lipinski definition) is 1. The van der Waals surface area contributed by atoms with Gasteiger partial charge >= 0.3 is 6.18 Å². The molecule has 0 amide bonds. The van der Waals surface area contributed by atoms with Crippen LogP contribution in [-0.2, 0) is 6.18 Å². The average molecular weight is 372 g/mol. The molecule has 0 radical (unpaired) electrons. The lowest BCUT2D eigenvalue weighted by Crippen LogP contribution is -2.04. The minimum absolute atomic E-state index is 0.575. The third kappa shape index (κ3) is 2.96. The van der Waals surface area contributed by atoms with Crippen LogP contribution >= 0.6 is 27.7 Å². The Morgan fingerprint density at radius 1 is 1.00 bits per heavy atom. The van der Waals surface area contributed by atoms with Crippen LogP contribution < -0.4 is 0 Å². The van der Waals surface area contributed by atoms with E-state index < -0.39 is 11.7 Å². The number of aromatic amines is 1. The molecule has 108 valence electrons. The zero-order valence-corrected chi connectivity index (χ0v) is 12.9. The Morgan fingerprint density at radius 2 is 1.76 bits per heavy atom. The summed E-state index contributed by atoms with van der Waals surface area (Å²) in [4.78, 5) is 4.72. The Morgan fingerprint density at radius 3 is 2.48 bits per heavy atom. The number of hydrogen-bond donors (Lipinski definition) is 1. The second-order valence-corrected chi connectivity index (χ2v) is 6.38. The maximum atomic E-state index is 12.8. The van der Waals surface area contributed by atoms with E-state index in [4.69, 9.17) is 0 Å². The van der Waals surface area contributed by atoms with Crippen molar-refractivity contribution in [2.45, 2.75) is 16.0 Å². The first kappa shape index (κ1) is 14.5. The van der Waals surface area contributed by atoms with Gasteiger partial charge < -0.3 is 4.98 Å². The summed E-state index contributed by atoms with van der Waals surface area (Å²) in [5.41, 5.74) is 0.0566. The van der Waals surface area contributed by atoms with Gasteiger partial charge in [-0.3, -0.25) is 0 Å². The van der Waals surface area contributed by atoms with Crippen molar-refractivity contribution >= 4 is 38.6 Å². The third-order valence-corrected chi connectivity index (χ3v) is 5.12. The monoisotopic (exact) mass is 371 g/mol. The van der Waals surface area contributed by atoms with Gasteiger partial charge in [0.05, 0.1) is 5.56 Å². The first-order chi connectivity index (χ1) is 9.95. The number of H-pyrrole nitrogens is 1. The number of halogens is 4. The predicted molar refractivity (Wildman–Crippen MR) is 81.6 cm³/mol. The molecule has 1 aromatic heterocycles. The lowest BCUT2D eigenvalue weighted by molar-refractivity contribution is -0.137. The summed E-state index contributed by atoms with van der Waals surface area (Å²) in [6.07, 6.45) is -2.60.